The van der Waals surface area contributed by atoms with Crippen molar-refractivity contribution in [2.24, 2.45) is 5.92 Å². The Morgan fingerprint density at radius 1 is 1.63 bits per heavy atom. The Balaban J connectivity index is 2.17. The first-order chi connectivity index (χ1) is 8.99. The lowest BCUT2D eigenvalue weighted by molar-refractivity contribution is 0.145. The quantitative estimate of drug-likeness (QED) is 0.635. The van der Waals surface area contributed by atoms with Gasteiger partial charge in [-0.25, -0.2) is 4.98 Å². The van der Waals surface area contributed by atoms with Crippen molar-refractivity contribution in [2.75, 3.05) is 5.73 Å². The summed E-state index contributed by atoms with van der Waals surface area (Å²) in [5.74, 6) is 0.0678. The summed E-state index contributed by atoms with van der Waals surface area (Å²) in [4.78, 5) is 22.3. The van der Waals surface area contributed by atoms with Crippen LogP contribution in [0.5, 0.6) is 0 Å². The van der Waals surface area contributed by atoms with Crippen LogP contribution in [0.2, 0.25) is 0 Å². The van der Waals surface area contributed by atoms with Gasteiger partial charge in [0.1, 0.15) is 0 Å². The first-order valence-electron chi connectivity index (χ1n) is 6.08. The zero-order valence-electron chi connectivity index (χ0n) is 10.5. The second kappa shape index (κ2) is 3.92. The molecule has 100 valence electrons. The zero-order valence-corrected chi connectivity index (χ0v) is 10.5. The number of aliphatic hydroxyl groups is 1. The molecule has 4 N–H and O–H groups in total. The molecule has 0 amide bonds. The number of aromatic amines is 1. The Morgan fingerprint density at radius 2 is 2.37 bits per heavy atom. The van der Waals surface area contributed by atoms with E-state index in [9.17, 15) is 9.90 Å². The minimum absolute atomic E-state index is 0.0155. The molecule has 2 heterocycles. The molecule has 0 aliphatic heterocycles. The highest BCUT2D eigenvalue weighted by Crippen LogP contribution is 2.39. The van der Waals surface area contributed by atoms with Gasteiger partial charge in [-0.15, -0.1) is 0 Å². The number of anilines is 1. The highest BCUT2D eigenvalue weighted by Gasteiger charge is 2.35. The lowest BCUT2D eigenvalue weighted by Crippen LogP contribution is -2.14. The summed E-state index contributed by atoms with van der Waals surface area (Å²) in [6.07, 6.45) is 1.65. The van der Waals surface area contributed by atoms with Crippen LogP contribution in [0.3, 0.4) is 0 Å². The van der Waals surface area contributed by atoms with Crippen molar-refractivity contribution >= 4 is 17.1 Å². The van der Waals surface area contributed by atoms with Crippen molar-refractivity contribution in [3.8, 4) is 0 Å². The highest BCUT2D eigenvalue weighted by atomic mass is 16.3. The van der Waals surface area contributed by atoms with E-state index in [2.05, 4.69) is 21.5 Å². The minimum atomic E-state index is -0.436. The van der Waals surface area contributed by atoms with Crippen molar-refractivity contribution in [2.45, 2.75) is 25.5 Å². The van der Waals surface area contributed by atoms with E-state index in [0.29, 0.717) is 12.1 Å². The predicted molar refractivity (Wildman–Crippen MR) is 70.5 cm³/mol. The molecule has 1 saturated carbocycles. The van der Waals surface area contributed by atoms with E-state index in [4.69, 9.17) is 5.73 Å². The highest BCUT2D eigenvalue weighted by molar-refractivity contribution is 5.70. The lowest BCUT2D eigenvalue weighted by Gasteiger charge is -2.14. The molecular formula is C12H15N5O2. The van der Waals surface area contributed by atoms with Crippen molar-refractivity contribution in [1.29, 1.82) is 0 Å². The summed E-state index contributed by atoms with van der Waals surface area (Å²) in [5.41, 5.74) is 6.78. The lowest BCUT2D eigenvalue weighted by atomic mass is 10.0. The summed E-state index contributed by atoms with van der Waals surface area (Å²) in [7, 11) is 0. The van der Waals surface area contributed by atoms with Gasteiger partial charge in [0.2, 0.25) is 5.95 Å². The fraction of sp³-hybridized carbons (Fsp3) is 0.417. The van der Waals surface area contributed by atoms with Gasteiger partial charge >= 0.3 is 0 Å². The third kappa shape index (κ3) is 1.66. The number of nitrogen functional groups attached to an aromatic ring is 1. The van der Waals surface area contributed by atoms with E-state index in [0.717, 1.165) is 5.57 Å². The van der Waals surface area contributed by atoms with Crippen molar-refractivity contribution < 1.29 is 5.11 Å². The number of aromatic nitrogens is 4. The van der Waals surface area contributed by atoms with Gasteiger partial charge in [-0.05, 0) is 12.0 Å². The summed E-state index contributed by atoms with van der Waals surface area (Å²) in [5, 5.41) is 9.91. The molecule has 0 saturated heterocycles. The SMILES string of the molecule is C=C1[C@H](C)C(O)C[C@@H]1n1cnc2c(=O)[nH]c(N)nc21. The van der Waals surface area contributed by atoms with Gasteiger partial charge in [-0.1, -0.05) is 13.5 Å². The molecule has 3 rings (SSSR count). The molecular weight excluding hydrogens is 246 g/mol. The van der Waals surface area contributed by atoms with E-state index in [1.165, 1.54) is 0 Å². The van der Waals surface area contributed by atoms with Gasteiger partial charge in [0.25, 0.3) is 5.56 Å². The topological polar surface area (TPSA) is 110 Å². The molecule has 19 heavy (non-hydrogen) atoms. The van der Waals surface area contributed by atoms with Gasteiger partial charge in [0.05, 0.1) is 18.5 Å². The van der Waals surface area contributed by atoms with Crippen LogP contribution < -0.4 is 11.3 Å². The average Bonchev–Trinajstić information content (AvgIpc) is 2.86. The number of hydrogen-bond donors (Lipinski definition) is 3. The van der Waals surface area contributed by atoms with Crippen LogP contribution >= 0.6 is 0 Å². The van der Waals surface area contributed by atoms with Crippen LogP contribution in [0, 0.1) is 5.92 Å². The monoisotopic (exact) mass is 261 g/mol. The van der Waals surface area contributed by atoms with Gasteiger partial charge in [-0.3, -0.25) is 9.78 Å². The second-order valence-electron chi connectivity index (χ2n) is 4.96. The molecule has 1 unspecified atom stereocenters. The molecule has 7 heteroatoms. The van der Waals surface area contributed by atoms with Crippen LogP contribution in [0.1, 0.15) is 19.4 Å². The molecule has 0 radical (unpaired) electrons. The Kier molecular flexibility index (Phi) is 2.46. The molecule has 1 aliphatic carbocycles. The third-order valence-corrected chi connectivity index (χ3v) is 3.84. The van der Waals surface area contributed by atoms with Crippen LogP contribution in [0.15, 0.2) is 23.3 Å². The number of nitrogens with two attached hydrogens (primary N) is 1. The second-order valence-corrected chi connectivity index (χ2v) is 4.96. The number of H-pyrrole nitrogens is 1. The Labute approximate surface area is 108 Å². The van der Waals surface area contributed by atoms with Crippen LogP contribution in [-0.4, -0.2) is 30.7 Å². The number of fused-ring (bicyclic) bond motifs is 1. The Morgan fingerprint density at radius 3 is 3.00 bits per heavy atom. The van der Waals surface area contributed by atoms with E-state index >= 15 is 0 Å². The van der Waals surface area contributed by atoms with E-state index < -0.39 is 6.10 Å². The summed E-state index contributed by atoms with van der Waals surface area (Å²) >= 11 is 0. The normalized spacial score (nSPS) is 27.3. The molecule has 0 bridgehead atoms. The summed E-state index contributed by atoms with van der Waals surface area (Å²) in [6, 6.07) is -0.108. The minimum Gasteiger partial charge on any atom is -0.392 e. The zero-order chi connectivity index (χ0) is 13.7. The molecule has 1 aliphatic rings. The van der Waals surface area contributed by atoms with E-state index in [1.54, 1.807) is 10.9 Å². The number of nitrogens with one attached hydrogen (secondary N) is 1. The van der Waals surface area contributed by atoms with Gasteiger partial charge in [0, 0.05) is 5.92 Å². The number of nitrogens with zero attached hydrogens (tertiary/aromatic N) is 3. The van der Waals surface area contributed by atoms with Crippen molar-refractivity contribution in [1.82, 2.24) is 19.5 Å². The predicted octanol–water partition coefficient (Wildman–Crippen LogP) is 0.200. The molecule has 1 fully saturated rings. The standard InChI is InChI=1S/C12H15N5O2/c1-5-6(2)8(18)3-7(5)17-4-14-9-10(17)15-12(13)16-11(9)19/h4,6-8,18H,1,3H2,2H3,(H3,13,15,16,19)/t6-,7-,8?/m0/s1. The maximum atomic E-state index is 11.7. The first-order valence-corrected chi connectivity index (χ1v) is 6.08. The van der Waals surface area contributed by atoms with Crippen LogP contribution in [0.4, 0.5) is 5.95 Å². The molecule has 2 aromatic heterocycles. The smallest absolute Gasteiger partial charge is 0.280 e. The third-order valence-electron chi connectivity index (χ3n) is 3.84. The molecule has 0 spiro atoms. The van der Waals surface area contributed by atoms with Crippen LogP contribution in [0.25, 0.3) is 11.2 Å². The van der Waals surface area contributed by atoms with Gasteiger partial charge in [-0.2, -0.15) is 4.98 Å². The number of hydrogen-bond acceptors (Lipinski definition) is 5. The number of imidazole rings is 1. The van der Waals surface area contributed by atoms with Crippen molar-refractivity contribution in [3.63, 3.8) is 0 Å². The average molecular weight is 261 g/mol. The Bertz CT molecular complexity index is 716. The van der Waals surface area contributed by atoms with E-state index in [-0.39, 0.29) is 29.0 Å². The van der Waals surface area contributed by atoms with E-state index in [1.807, 2.05) is 6.92 Å². The molecule has 0 aromatic carbocycles. The number of aliphatic hydroxyl groups excluding tert-OH is 1. The molecule has 2 aromatic rings. The summed E-state index contributed by atoms with van der Waals surface area (Å²) < 4.78 is 1.76. The Hall–Kier alpha value is -2.15. The molecule has 7 nitrogen and oxygen atoms in total. The number of rotatable bonds is 1. The maximum Gasteiger partial charge on any atom is 0.280 e. The van der Waals surface area contributed by atoms with Gasteiger partial charge in [0.15, 0.2) is 11.2 Å². The van der Waals surface area contributed by atoms with Crippen LogP contribution in [-0.2, 0) is 0 Å². The first kappa shape index (κ1) is 11.9. The largest absolute Gasteiger partial charge is 0.392 e. The van der Waals surface area contributed by atoms with Crippen molar-refractivity contribution in [3.05, 3.63) is 28.8 Å². The fourth-order valence-corrected chi connectivity index (χ4v) is 2.60. The fourth-order valence-electron chi connectivity index (χ4n) is 2.60. The van der Waals surface area contributed by atoms with Gasteiger partial charge < -0.3 is 15.4 Å². The molecule has 3 atom stereocenters. The maximum absolute atomic E-state index is 11.7. The summed E-state index contributed by atoms with van der Waals surface area (Å²) in [6.45, 7) is 5.95.